The minimum atomic E-state index is -0.887. The van der Waals surface area contributed by atoms with Gasteiger partial charge in [0.05, 0.1) is 51.1 Å². The number of anilines is 10. The third-order valence-electron chi connectivity index (χ3n) is 30.4. The first-order chi connectivity index (χ1) is 72.7. The number of benzene rings is 8. The molecule has 0 spiro atoms. The molecular formula is C119H133F2N23O6. The van der Waals surface area contributed by atoms with Crippen LogP contribution in [0.25, 0.3) is 50.1 Å². The Labute approximate surface area is 874 Å². The molecule has 6 aliphatic heterocycles. The molecule has 0 radical (unpaired) electrons. The van der Waals surface area contributed by atoms with Gasteiger partial charge in [-0.2, -0.15) is 30.6 Å². The van der Waals surface area contributed by atoms with Crippen LogP contribution in [0.2, 0.25) is 0 Å². The van der Waals surface area contributed by atoms with Crippen molar-refractivity contribution in [3.05, 3.63) is 292 Å². The average molecular weight is 2020 g/mol. The van der Waals surface area contributed by atoms with Gasteiger partial charge in [-0.05, 0) is 243 Å². The van der Waals surface area contributed by atoms with Gasteiger partial charge in [-0.25, -0.2) is 8.78 Å². The largest absolute Gasteiger partial charge is 0.386 e. The average Bonchev–Trinajstić information content (AvgIpc) is 1.63. The number of nitrogens with one attached hydrogen (secondary N) is 5. The predicted octanol–water partition coefficient (Wildman–Crippen LogP) is 21.1. The summed E-state index contributed by atoms with van der Waals surface area (Å²) in [4.78, 5) is 73.5. The fourth-order valence-electron chi connectivity index (χ4n) is 20.9. The van der Waals surface area contributed by atoms with Crippen LogP contribution in [0.1, 0.15) is 180 Å². The summed E-state index contributed by atoms with van der Waals surface area (Å²) in [7, 11) is 1.92. The van der Waals surface area contributed by atoms with Crippen LogP contribution in [0.15, 0.2) is 218 Å². The van der Waals surface area contributed by atoms with Crippen LogP contribution in [0.3, 0.4) is 0 Å². The summed E-state index contributed by atoms with van der Waals surface area (Å²) < 4.78 is 40.5. The van der Waals surface area contributed by atoms with Crippen LogP contribution >= 0.6 is 0 Å². The zero-order chi connectivity index (χ0) is 104. The lowest BCUT2D eigenvalue weighted by atomic mass is 9.94. The molecule has 5 fully saturated rings. The highest BCUT2D eigenvalue weighted by Gasteiger charge is 2.38. The van der Waals surface area contributed by atoms with Crippen LogP contribution in [0.4, 0.5) is 66.3 Å². The summed E-state index contributed by atoms with van der Waals surface area (Å²) in [5.74, 6) is 7.95. The first-order valence-electron chi connectivity index (χ1n) is 53.3. The van der Waals surface area contributed by atoms with Gasteiger partial charge < -0.3 is 56.2 Å². The second-order valence-electron chi connectivity index (χ2n) is 42.7. The normalized spacial score (nSPS) is 16.3. The molecule has 150 heavy (non-hydrogen) atoms. The Bertz CT molecular complexity index is 7450. The van der Waals surface area contributed by atoms with E-state index in [1.54, 1.807) is 66.7 Å². The molecule has 31 heteroatoms. The third-order valence-corrected chi connectivity index (χ3v) is 30.4. The number of aliphatic hydroxyl groups is 1. The standard InChI is InChI=1S/C27H32N4O2.2C24H25FN4O.C22H26N6O.C22H25N5O/c1-18(32)30-13-12-25-24(17-30)26(29-31(25)16-19-10-11-19)28-23-9-5-7-21(15-23)20-6-4-8-22(14-20)27(2,3)33;1-16(30)28-11-10-23-22(15-28)24(27-29(23)14-17-8-9-17)26-21-7-3-5-19(13-21)18-4-2-6-20(25)12-18;1-16(30)28-12-11-23-21(15-28)24(27-29(23)14-17-9-10-17)26-19-6-4-5-18(13-19)20-7-2-3-8-22(20)25;1-15(29)27-9-8-21-20(14-27)22(25-28(21)12-16-6-7-16)24-19-5-3-4-17(10-19)18-11-23-26(2)13-18;1-15(28)26-10-8-21-20(14-26)22(25-27(21)13-16-5-6-16)24-19-4-2-3-17(11-19)18-7-9-23-12-18/h4-9,14-15,19,33H,10-13,16-17H2,1-3H3,(H,28,29);2-7,12-13,17H,8-11,14-15H2,1H3,(H,26,27);2-8,13,17H,9-12,14-15H2,1H3,(H,26,27);3-5,10-11,13,16H,6-9,12,14H2,1-2H3,(H,24,25);2-4,7,11-12,16H,5-6,8-10,13-14H2,1H3,(H,24,25). The minimum absolute atomic E-state index is 0.0862. The van der Waals surface area contributed by atoms with Crippen molar-refractivity contribution in [1.82, 2.24) is 83.2 Å². The SMILES string of the molecule is CC(=O)N1CCc2c(c(Nc3cccc(-c4cccc(C(C)(C)O)c4)c3)nn2CC2CC2)C1.CC(=O)N1CCc2c(c(Nc3cccc(-c4cccc(F)c4)c3)nn2CC2CC2)C1.CC(=O)N1CCc2c(c(Nc3cccc(-c4ccccc4F)c3)nn2CC2CC2)C1.CC(=O)N1CCc2c(c(Nc3cccc(-c4cnn(C)c4)c3)nn2CC2CC2)C1.CC(=O)N1CCc2c(c(Nc3cccc(C4=CCN=C4)c3)nn2CC2CC2)C1. The Balaban J connectivity index is 0.000000110. The number of carbonyl (C=O) groups is 5. The molecule has 29 nitrogen and oxygen atoms in total. The molecule has 11 aliphatic rings. The fraction of sp³-hybridized carbons (Fsp3) is 0.378. The number of allylic oxidation sites excluding steroid dienone is 1. The van der Waals surface area contributed by atoms with Crippen LogP contribution in [0.5, 0.6) is 0 Å². The minimum Gasteiger partial charge on any atom is -0.386 e. The Morgan fingerprint density at radius 1 is 0.353 bits per heavy atom. The quantitative estimate of drug-likeness (QED) is 0.0293. The number of carbonyl (C=O) groups excluding carboxylic acids is 5. The van der Waals surface area contributed by atoms with Crippen molar-refractivity contribution < 1.29 is 37.9 Å². The maximum atomic E-state index is 14.2. The zero-order valence-electron chi connectivity index (χ0n) is 86.9. The van der Waals surface area contributed by atoms with E-state index in [9.17, 15) is 37.9 Å². The molecule has 0 bridgehead atoms. The summed E-state index contributed by atoms with van der Waals surface area (Å²) >= 11 is 0. The summed E-state index contributed by atoms with van der Waals surface area (Å²) in [6.45, 7) is 24.2. The van der Waals surface area contributed by atoms with Crippen molar-refractivity contribution in [2.45, 2.75) is 216 Å². The third kappa shape index (κ3) is 24.3. The molecule has 0 atom stereocenters. The molecule has 25 rings (SSSR count). The number of halogens is 2. The molecular weight excluding hydrogens is 1890 g/mol. The summed E-state index contributed by atoms with van der Waals surface area (Å²) in [5.41, 5.74) is 26.5. The highest BCUT2D eigenvalue weighted by atomic mass is 19.1. The van der Waals surface area contributed by atoms with E-state index in [0.717, 1.165) is 275 Å². The molecule has 6 N–H and O–H groups in total. The number of rotatable bonds is 26. The van der Waals surface area contributed by atoms with Crippen LogP contribution in [-0.2, 0) is 134 Å². The van der Waals surface area contributed by atoms with E-state index in [1.165, 1.54) is 111 Å². The van der Waals surface area contributed by atoms with Gasteiger partial charge in [0, 0.05) is 247 Å². The molecule has 0 unspecified atom stereocenters. The van der Waals surface area contributed by atoms with Gasteiger partial charge in [-0.3, -0.25) is 57.1 Å². The van der Waals surface area contributed by atoms with Crippen LogP contribution < -0.4 is 26.6 Å². The molecule has 5 amide bonds. The van der Waals surface area contributed by atoms with Gasteiger partial charge in [-0.15, -0.1) is 0 Å². The van der Waals surface area contributed by atoms with E-state index in [4.69, 9.17) is 25.5 Å². The van der Waals surface area contributed by atoms with E-state index < -0.39 is 5.60 Å². The van der Waals surface area contributed by atoms with Crippen molar-refractivity contribution in [1.29, 1.82) is 0 Å². The van der Waals surface area contributed by atoms with E-state index >= 15 is 0 Å². The lowest BCUT2D eigenvalue weighted by Crippen LogP contribution is -2.34. The van der Waals surface area contributed by atoms with Gasteiger partial charge in [-0.1, -0.05) is 115 Å². The van der Waals surface area contributed by atoms with Crippen LogP contribution in [-0.4, -0.2) is 163 Å². The number of fused-ring (bicyclic) bond motifs is 5. The number of aryl methyl sites for hydroxylation is 1. The molecule has 6 aromatic heterocycles. The second-order valence-corrected chi connectivity index (χ2v) is 42.7. The van der Waals surface area contributed by atoms with Gasteiger partial charge in [0.15, 0.2) is 29.1 Å². The fourth-order valence-corrected chi connectivity index (χ4v) is 20.9. The predicted molar refractivity (Wildman–Crippen MR) is 582 cm³/mol. The molecule has 14 aromatic rings. The highest BCUT2D eigenvalue weighted by Crippen LogP contribution is 2.44. The lowest BCUT2D eigenvalue weighted by Gasteiger charge is -2.26. The zero-order valence-corrected chi connectivity index (χ0v) is 86.9. The molecule has 0 saturated heterocycles. The van der Waals surface area contributed by atoms with Crippen molar-refractivity contribution in [3.8, 4) is 44.5 Å². The van der Waals surface area contributed by atoms with E-state index in [-0.39, 0.29) is 41.2 Å². The molecule has 8 aromatic carbocycles. The number of aliphatic imine (C=N–C) groups is 1. The van der Waals surface area contributed by atoms with Crippen LogP contribution in [0, 0.1) is 41.2 Å². The van der Waals surface area contributed by atoms with Crippen molar-refractivity contribution in [2.75, 3.05) is 65.9 Å². The molecule has 5 aliphatic carbocycles. The highest BCUT2D eigenvalue weighted by molar-refractivity contribution is 6.11. The first-order valence-corrected chi connectivity index (χ1v) is 53.3. The Morgan fingerprint density at radius 3 is 0.947 bits per heavy atom. The maximum Gasteiger partial charge on any atom is 0.219 e. The summed E-state index contributed by atoms with van der Waals surface area (Å²) in [5, 5.41) is 56.7. The smallest absolute Gasteiger partial charge is 0.219 e. The Morgan fingerprint density at radius 2 is 0.647 bits per heavy atom. The number of nitrogens with zero attached hydrogens (tertiary/aromatic N) is 18. The molecule has 774 valence electrons. The number of hydrogen-bond acceptors (Lipinski definition) is 18. The van der Waals surface area contributed by atoms with Gasteiger partial charge in [0.2, 0.25) is 29.5 Å². The Hall–Kier alpha value is -15.4. The monoisotopic (exact) mass is 2020 g/mol. The van der Waals surface area contributed by atoms with Gasteiger partial charge in [0.1, 0.15) is 11.6 Å². The van der Waals surface area contributed by atoms with E-state index in [0.29, 0.717) is 38.3 Å². The summed E-state index contributed by atoms with van der Waals surface area (Å²) in [6.07, 6.45) is 25.0. The van der Waals surface area contributed by atoms with E-state index in [2.05, 4.69) is 127 Å². The van der Waals surface area contributed by atoms with E-state index in [1.807, 2.05) is 152 Å². The van der Waals surface area contributed by atoms with Crippen molar-refractivity contribution >= 4 is 98.8 Å². The molecule has 5 saturated carbocycles. The maximum absolute atomic E-state index is 14.2. The topological polar surface area (TPSA) is 301 Å². The van der Waals surface area contributed by atoms with Gasteiger partial charge >= 0.3 is 0 Å². The first kappa shape index (κ1) is 101. The van der Waals surface area contributed by atoms with Gasteiger partial charge in [0.25, 0.3) is 0 Å². The molecule has 12 heterocycles. The summed E-state index contributed by atoms with van der Waals surface area (Å²) in [6, 6.07) is 62.0. The second kappa shape index (κ2) is 43.8. The number of aromatic nitrogens is 12. The lowest BCUT2D eigenvalue weighted by molar-refractivity contribution is -0.130. The Kier molecular flexibility index (Phi) is 29.3. The van der Waals surface area contributed by atoms with Crippen molar-refractivity contribution in [3.63, 3.8) is 0 Å². The number of amides is 5. The number of hydrogen-bond donors (Lipinski definition) is 6. The van der Waals surface area contributed by atoms with Crippen molar-refractivity contribution in [2.24, 2.45) is 41.6 Å².